The average Bonchev–Trinajstić information content (AvgIpc) is 2.83. The molecule has 0 spiro atoms. The highest BCUT2D eigenvalue weighted by atomic mass is 32.1. The Balaban J connectivity index is 2.43. The third kappa shape index (κ3) is 2.21. The Bertz CT molecular complexity index is 671. The number of halogens is 4. The smallest absolute Gasteiger partial charge is 0.187 e. The van der Waals surface area contributed by atoms with Crippen molar-refractivity contribution in [2.45, 2.75) is 6.42 Å². The van der Waals surface area contributed by atoms with Crippen LogP contribution in [-0.4, -0.2) is 0 Å². The molecule has 2 nitrogen and oxygen atoms in total. The van der Waals surface area contributed by atoms with Crippen molar-refractivity contribution >= 4 is 22.7 Å². The Labute approximate surface area is 112 Å². The summed E-state index contributed by atoms with van der Waals surface area (Å²) in [5.41, 5.74) is 0. The lowest BCUT2D eigenvalue weighted by atomic mass is 10.2. The number of hydrogen-bond acceptors (Lipinski definition) is 4. The van der Waals surface area contributed by atoms with Crippen LogP contribution in [0.4, 0.5) is 17.6 Å². The Morgan fingerprint density at radius 3 is 1.37 bits per heavy atom. The van der Waals surface area contributed by atoms with Crippen molar-refractivity contribution in [3.63, 3.8) is 0 Å². The number of hydrogen-bond donors (Lipinski definition) is 0. The predicted octanol–water partition coefficient (Wildman–Crippen LogP) is 3.70. The molecule has 0 unspecified atom stereocenters. The number of rotatable bonds is 2. The van der Waals surface area contributed by atoms with Crippen molar-refractivity contribution in [1.29, 1.82) is 10.5 Å². The summed E-state index contributed by atoms with van der Waals surface area (Å²) in [5, 5.41) is 17.1. The molecule has 0 fully saturated rings. The molecule has 96 valence electrons. The number of thiophene rings is 2. The molecule has 0 aliphatic carbocycles. The largest absolute Gasteiger partial charge is 0.202 e. The van der Waals surface area contributed by atoms with Gasteiger partial charge in [0, 0.05) is 6.42 Å². The lowest BCUT2D eigenvalue weighted by molar-refractivity contribution is 0.501. The zero-order valence-corrected chi connectivity index (χ0v) is 10.6. The molecule has 0 radical (unpaired) electrons. The Morgan fingerprint density at radius 2 is 1.11 bits per heavy atom. The number of nitrogens with zero attached hydrogens (tertiary/aromatic N) is 2. The van der Waals surface area contributed by atoms with Crippen LogP contribution in [-0.2, 0) is 6.42 Å². The second-order valence-electron chi connectivity index (χ2n) is 3.37. The second-order valence-corrected chi connectivity index (χ2v) is 5.58. The van der Waals surface area contributed by atoms with Crippen molar-refractivity contribution in [2.75, 3.05) is 0 Å². The fourth-order valence-corrected chi connectivity index (χ4v) is 3.21. The zero-order chi connectivity index (χ0) is 14.2. The van der Waals surface area contributed by atoms with Crippen molar-refractivity contribution in [3.05, 3.63) is 42.8 Å². The van der Waals surface area contributed by atoms with Crippen LogP contribution in [0.2, 0.25) is 0 Å². The van der Waals surface area contributed by atoms with Gasteiger partial charge in [0.1, 0.15) is 21.9 Å². The first kappa shape index (κ1) is 13.5. The van der Waals surface area contributed by atoms with Gasteiger partial charge in [-0.3, -0.25) is 0 Å². The van der Waals surface area contributed by atoms with Gasteiger partial charge < -0.3 is 0 Å². The van der Waals surface area contributed by atoms with Crippen molar-refractivity contribution in [2.24, 2.45) is 0 Å². The van der Waals surface area contributed by atoms with E-state index in [9.17, 15) is 17.6 Å². The van der Waals surface area contributed by atoms with Gasteiger partial charge in [-0.1, -0.05) is 0 Å². The minimum Gasteiger partial charge on any atom is -0.202 e. The molecule has 0 aliphatic heterocycles. The summed E-state index contributed by atoms with van der Waals surface area (Å²) in [7, 11) is 0. The summed E-state index contributed by atoms with van der Waals surface area (Å²) in [6.45, 7) is 0. The summed E-state index contributed by atoms with van der Waals surface area (Å²) >= 11 is 1.07. The highest BCUT2D eigenvalue weighted by molar-refractivity contribution is 7.14. The van der Waals surface area contributed by atoms with Crippen LogP contribution >= 0.6 is 22.7 Å². The van der Waals surface area contributed by atoms with Crippen LogP contribution in [0.5, 0.6) is 0 Å². The summed E-state index contributed by atoms with van der Waals surface area (Å²) in [4.78, 5) is -1.33. The van der Waals surface area contributed by atoms with Gasteiger partial charge >= 0.3 is 0 Å². The second kappa shape index (κ2) is 5.00. The maximum Gasteiger partial charge on any atom is 0.187 e. The molecule has 0 atom stereocenters. The van der Waals surface area contributed by atoms with Crippen molar-refractivity contribution < 1.29 is 17.6 Å². The summed E-state index contributed by atoms with van der Waals surface area (Å²) in [5.74, 6) is -5.07. The van der Waals surface area contributed by atoms with E-state index in [4.69, 9.17) is 10.5 Å². The van der Waals surface area contributed by atoms with Gasteiger partial charge in [-0.25, -0.2) is 17.6 Å². The maximum absolute atomic E-state index is 13.4. The van der Waals surface area contributed by atoms with Crippen LogP contribution in [0.15, 0.2) is 0 Å². The lowest BCUT2D eigenvalue weighted by Gasteiger charge is -1.94. The first-order valence-electron chi connectivity index (χ1n) is 4.73. The van der Waals surface area contributed by atoms with E-state index in [1.54, 1.807) is 0 Å². The minimum atomic E-state index is -1.29. The lowest BCUT2D eigenvalue weighted by Crippen LogP contribution is -1.89. The molecular formula is C11H2F4N2S2. The van der Waals surface area contributed by atoms with E-state index >= 15 is 0 Å². The molecule has 0 saturated heterocycles. The SMILES string of the molecule is N#Cc1sc(Cc2sc(C#N)c(F)c2F)c(F)c1F. The minimum absolute atomic E-state index is 0.210. The first-order chi connectivity index (χ1) is 8.99. The molecule has 0 saturated carbocycles. The third-order valence-electron chi connectivity index (χ3n) is 2.25. The molecule has 0 aliphatic rings. The van der Waals surface area contributed by atoms with Gasteiger partial charge in [0.05, 0.1) is 9.75 Å². The van der Waals surface area contributed by atoms with Crippen LogP contribution in [0.25, 0.3) is 0 Å². The highest BCUT2D eigenvalue weighted by Crippen LogP contribution is 2.32. The summed E-state index contributed by atoms with van der Waals surface area (Å²) in [6.07, 6.45) is -0.399. The van der Waals surface area contributed by atoms with Crippen LogP contribution in [0.3, 0.4) is 0 Å². The molecule has 0 aromatic carbocycles. The monoisotopic (exact) mass is 302 g/mol. The van der Waals surface area contributed by atoms with Gasteiger partial charge in [-0.15, -0.1) is 22.7 Å². The molecule has 2 aromatic heterocycles. The molecule has 2 aromatic rings. The standard InChI is InChI=1S/C11H2F4N2S2/c12-8-4(18-6(2-16)10(8)14)1-5-9(13)11(15)7(3-17)19-5/h1H2. The average molecular weight is 302 g/mol. The molecule has 8 heteroatoms. The zero-order valence-electron chi connectivity index (χ0n) is 8.93. The van der Waals surface area contributed by atoms with E-state index in [-0.39, 0.29) is 9.75 Å². The Morgan fingerprint density at radius 1 is 0.737 bits per heavy atom. The van der Waals surface area contributed by atoms with E-state index in [0.717, 1.165) is 0 Å². The molecule has 0 N–H and O–H groups in total. The molecule has 0 bridgehead atoms. The van der Waals surface area contributed by atoms with E-state index in [1.165, 1.54) is 12.1 Å². The van der Waals surface area contributed by atoms with Crippen LogP contribution in [0.1, 0.15) is 19.5 Å². The van der Waals surface area contributed by atoms with E-state index < -0.39 is 39.4 Å². The van der Waals surface area contributed by atoms with E-state index in [1.807, 2.05) is 0 Å². The van der Waals surface area contributed by atoms with Gasteiger partial charge in [0.25, 0.3) is 0 Å². The Kier molecular flexibility index (Phi) is 3.56. The third-order valence-corrected chi connectivity index (χ3v) is 4.34. The molecular weight excluding hydrogens is 300 g/mol. The fourth-order valence-electron chi connectivity index (χ4n) is 1.39. The normalized spacial score (nSPS) is 10.2. The molecule has 0 amide bonds. The molecule has 2 heterocycles. The molecule has 2 rings (SSSR count). The summed E-state index contributed by atoms with van der Waals surface area (Å²) < 4.78 is 53.2. The van der Waals surface area contributed by atoms with Crippen LogP contribution in [0, 0.1) is 45.9 Å². The first-order valence-corrected chi connectivity index (χ1v) is 6.36. The highest BCUT2D eigenvalue weighted by Gasteiger charge is 2.23. The Hall–Kier alpha value is -1.90. The fraction of sp³-hybridized carbons (Fsp3) is 0.0909. The van der Waals surface area contributed by atoms with Gasteiger partial charge in [0.15, 0.2) is 23.3 Å². The maximum atomic E-state index is 13.4. The van der Waals surface area contributed by atoms with Gasteiger partial charge in [-0.2, -0.15) is 10.5 Å². The summed E-state index contributed by atoms with van der Waals surface area (Å²) in [6, 6.07) is 2.94. The quantitative estimate of drug-likeness (QED) is 0.794. The van der Waals surface area contributed by atoms with E-state index in [0.29, 0.717) is 22.7 Å². The number of nitriles is 2. The predicted molar refractivity (Wildman–Crippen MR) is 60.7 cm³/mol. The van der Waals surface area contributed by atoms with Crippen molar-refractivity contribution in [1.82, 2.24) is 0 Å². The van der Waals surface area contributed by atoms with Gasteiger partial charge in [0.2, 0.25) is 0 Å². The van der Waals surface area contributed by atoms with E-state index in [2.05, 4.69) is 0 Å². The topological polar surface area (TPSA) is 47.6 Å². The molecule has 19 heavy (non-hydrogen) atoms. The van der Waals surface area contributed by atoms with Gasteiger partial charge in [-0.05, 0) is 0 Å². The van der Waals surface area contributed by atoms with Crippen molar-refractivity contribution in [3.8, 4) is 12.1 Å². The van der Waals surface area contributed by atoms with Crippen LogP contribution < -0.4 is 0 Å².